The van der Waals surface area contributed by atoms with Crippen molar-refractivity contribution in [2.75, 3.05) is 6.61 Å². The van der Waals surface area contributed by atoms with Gasteiger partial charge in [-0.05, 0) is 31.6 Å². The minimum atomic E-state index is -5.85. The summed E-state index contributed by atoms with van der Waals surface area (Å²) in [6.07, 6.45) is 3.58. The van der Waals surface area contributed by atoms with Crippen LogP contribution in [0.1, 0.15) is 32.1 Å². The minimum absolute atomic E-state index is 0.0173. The van der Waals surface area contributed by atoms with Crippen LogP contribution in [0.25, 0.3) is 0 Å². The Kier molecular flexibility index (Phi) is 4.34. The molecule has 0 aliphatic heterocycles. The van der Waals surface area contributed by atoms with E-state index in [0.717, 1.165) is 25.7 Å². The van der Waals surface area contributed by atoms with Gasteiger partial charge in [0.1, 0.15) is 5.78 Å². The summed E-state index contributed by atoms with van der Waals surface area (Å²) in [4.78, 5) is 23.0. The van der Waals surface area contributed by atoms with Crippen LogP contribution in [-0.4, -0.2) is 36.6 Å². The van der Waals surface area contributed by atoms with Gasteiger partial charge in [0.05, 0.1) is 6.61 Å². The second-order valence-electron chi connectivity index (χ2n) is 5.55. The molecule has 120 valence electrons. The largest absolute Gasteiger partial charge is 0.465 e. The van der Waals surface area contributed by atoms with Gasteiger partial charge in [0, 0.05) is 11.8 Å². The van der Waals surface area contributed by atoms with E-state index in [9.17, 15) is 26.8 Å². The Balaban J connectivity index is 1.88. The number of fused-ring (bicyclic) bond motifs is 2. The van der Waals surface area contributed by atoms with Crippen LogP contribution in [0.3, 0.4) is 0 Å². The topological polar surface area (TPSA) is 97.7 Å². The van der Waals surface area contributed by atoms with E-state index in [0.29, 0.717) is 0 Å². The third-order valence-electron chi connectivity index (χ3n) is 4.28. The number of carbonyl (C=O) groups is 2. The molecule has 0 radical (unpaired) electrons. The zero-order chi connectivity index (χ0) is 15.8. The molecule has 2 saturated carbocycles. The molecule has 2 aliphatic carbocycles. The molecule has 0 aromatic rings. The predicted octanol–water partition coefficient (Wildman–Crippen LogP) is 1.41. The fraction of sp³-hybridized carbons (Fsp3) is 0.833. The zero-order valence-corrected chi connectivity index (χ0v) is 11.9. The molecule has 2 rings (SSSR count). The summed E-state index contributed by atoms with van der Waals surface area (Å²) >= 11 is 0. The number of ketones is 1. The van der Waals surface area contributed by atoms with Gasteiger partial charge in [0.2, 0.25) is 0 Å². The van der Waals surface area contributed by atoms with E-state index in [1.165, 1.54) is 0 Å². The first-order valence-corrected chi connectivity index (χ1v) is 8.14. The molecule has 0 spiro atoms. The molecule has 0 aromatic heterocycles. The van der Waals surface area contributed by atoms with Gasteiger partial charge in [-0.3, -0.25) is 9.35 Å². The van der Waals surface area contributed by atoms with E-state index >= 15 is 0 Å². The van der Waals surface area contributed by atoms with Crippen molar-refractivity contribution in [2.45, 2.75) is 37.4 Å². The van der Waals surface area contributed by atoms with Gasteiger partial charge < -0.3 is 4.74 Å². The van der Waals surface area contributed by atoms with Gasteiger partial charge in [0.25, 0.3) is 0 Å². The maximum absolute atomic E-state index is 12.9. The maximum atomic E-state index is 12.9. The standard InChI is InChI=1S/C12H16F2O6S/c13-12(14,21(17,18)19)11(16)20-5-4-9-7-2-1-3-8(6-7)10(9)15/h7-9H,1-6H2,(H,17,18,19). The number of ether oxygens (including phenoxy) is 1. The molecule has 2 aliphatic rings. The highest BCUT2D eigenvalue weighted by Crippen LogP contribution is 2.44. The molecule has 0 saturated heterocycles. The second-order valence-corrected chi connectivity index (χ2v) is 7.01. The summed E-state index contributed by atoms with van der Waals surface area (Å²) in [6, 6.07) is 0. The lowest BCUT2D eigenvalue weighted by atomic mass is 9.86. The lowest BCUT2D eigenvalue weighted by molar-refractivity contribution is -0.162. The normalized spacial score (nSPS) is 29.5. The molecular weight excluding hydrogens is 310 g/mol. The monoisotopic (exact) mass is 326 g/mol. The molecule has 3 atom stereocenters. The van der Waals surface area contributed by atoms with Crippen LogP contribution >= 0.6 is 0 Å². The first kappa shape index (κ1) is 16.3. The number of Topliss-reactive ketones (excluding diaryl/α,β-unsaturated/α-hetero) is 1. The Bertz CT molecular complexity index is 544. The molecule has 21 heavy (non-hydrogen) atoms. The molecule has 0 heterocycles. The lowest BCUT2D eigenvalue weighted by Crippen LogP contribution is -2.39. The highest BCUT2D eigenvalue weighted by Gasteiger charge is 2.54. The van der Waals surface area contributed by atoms with Crippen molar-refractivity contribution >= 4 is 21.9 Å². The van der Waals surface area contributed by atoms with Crippen LogP contribution in [0.4, 0.5) is 8.78 Å². The number of rotatable bonds is 5. The van der Waals surface area contributed by atoms with Crippen LogP contribution in [0, 0.1) is 17.8 Å². The van der Waals surface area contributed by atoms with E-state index in [1.807, 2.05) is 0 Å². The summed E-state index contributed by atoms with van der Waals surface area (Å²) in [6.45, 7) is -0.469. The fourth-order valence-electron chi connectivity index (χ4n) is 3.23. The van der Waals surface area contributed by atoms with Crippen molar-refractivity contribution in [1.82, 2.24) is 0 Å². The summed E-state index contributed by atoms with van der Waals surface area (Å²) in [5, 5.41) is -4.98. The summed E-state index contributed by atoms with van der Waals surface area (Å²) in [5.74, 6) is -2.35. The first-order valence-electron chi connectivity index (χ1n) is 6.70. The van der Waals surface area contributed by atoms with Crippen molar-refractivity contribution in [2.24, 2.45) is 17.8 Å². The number of hydrogen-bond acceptors (Lipinski definition) is 5. The first-order chi connectivity index (χ1) is 9.64. The van der Waals surface area contributed by atoms with Crippen LogP contribution in [0.15, 0.2) is 0 Å². The van der Waals surface area contributed by atoms with Crippen LogP contribution in [-0.2, 0) is 24.4 Å². The molecule has 0 aromatic carbocycles. The van der Waals surface area contributed by atoms with Crippen molar-refractivity contribution in [3.63, 3.8) is 0 Å². The average molecular weight is 326 g/mol. The number of esters is 1. The Morgan fingerprint density at radius 2 is 2.05 bits per heavy atom. The molecule has 0 amide bonds. The fourth-order valence-corrected chi connectivity index (χ4v) is 3.50. The minimum Gasteiger partial charge on any atom is -0.460 e. The van der Waals surface area contributed by atoms with E-state index in [2.05, 4.69) is 4.74 Å². The molecule has 6 nitrogen and oxygen atoms in total. The second kappa shape index (κ2) is 5.60. The van der Waals surface area contributed by atoms with Crippen molar-refractivity contribution in [3.8, 4) is 0 Å². The van der Waals surface area contributed by atoms with Gasteiger partial charge >= 0.3 is 21.3 Å². The lowest BCUT2D eigenvalue weighted by Gasteiger charge is -2.19. The molecule has 2 fully saturated rings. The maximum Gasteiger partial charge on any atom is 0.465 e. The van der Waals surface area contributed by atoms with Gasteiger partial charge in [-0.15, -0.1) is 0 Å². The molecule has 9 heteroatoms. The van der Waals surface area contributed by atoms with Crippen molar-refractivity contribution in [1.29, 1.82) is 0 Å². The van der Waals surface area contributed by atoms with Gasteiger partial charge in [0.15, 0.2) is 0 Å². The van der Waals surface area contributed by atoms with Crippen LogP contribution < -0.4 is 0 Å². The Labute approximate surface area is 120 Å². The van der Waals surface area contributed by atoms with E-state index < -0.39 is 27.9 Å². The number of halogens is 2. The van der Waals surface area contributed by atoms with E-state index in [-0.39, 0.29) is 30.0 Å². The highest BCUT2D eigenvalue weighted by atomic mass is 32.2. The number of hydrogen-bond donors (Lipinski definition) is 1. The smallest absolute Gasteiger partial charge is 0.460 e. The van der Waals surface area contributed by atoms with Gasteiger partial charge in [-0.2, -0.15) is 17.2 Å². The Hall–Kier alpha value is -1.09. The molecular formula is C12H16F2O6S. The van der Waals surface area contributed by atoms with E-state index in [4.69, 9.17) is 4.55 Å². The number of alkyl halides is 2. The SMILES string of the molecule is O=C1C2CCCC(C2)C1CCOC(=O)C(F)(F)S(=O)(=O)O. The average Bonchev–Trinajstić information content (AvgIpc) is 2.60. The summed E-state index contributed by atoms with van der Waals surface area (Å²) in [5.41, 5.74) is 0. The quantitative estimate of drug-likeness (QED) is 0.606. The Morgan fingerprint density at radius 1 is 1.38 bits per heavy atom. The van der Waals surface area contributed by atoms with E-state index in [1.54, 1.807) is 0 Å². The molecule has 1 N–H and O–H groups in total. The van der Waals surface area contributed by atoms with Crippen LogP contribution in [0.5, 0.6) is 0 Å². The van der Waals surface area contributed by atoms with Gasteiger partial charge in [-0.25, -0.2) is 4.79 Å². The summed E-state index contributed by atoms with van der Waals surface area (Å²) < 4.78 is 59.1. The van der Waals surface area contributed by atoms with Crippen molar-refractivity contribution < 1.29 is 36.1 Å². The van der Waals surface area contributed by atoms with Crippen LogP contribution in [0.2, 0.25) is 0 Å². The Morgan fingerprint density at radius 3 is 2.62 bits per heavy atom. The molecule has 2 bridgehead atoms. The summed E-state index contributed by atoms with van der Waals surface area (Å²) in [7, 11) is -5.85. The zero-order valence-electron chi connectivity index (χ0n) is 11.1. The predicted molar refractivity (Wildman–Crippen MR) is 66.0 cm³/mol. The third-order valence-corrected chi connectivity index (χ3v) is 5.09. The molecule has 3 unspecified atom stereocenters. The highest BCUT2D eigenvalue weighted by molar-refractivity contribution is 7.87. The van der Waals surface area contributed by atoms with Crippen molar-refractivity contribution in [3.05, 3.63) is 0 Å². The number of carbonyl (C=O) groups excluding carboxylic acids is 2. The van der Waals surface area contributed by atoms with Gasteiger partial charge in [-0.1, -0.05) is 6.42 Å². The third kappa shape index (κ3) is 3.08.